The number of aliphatic hydroxyl groups is 1. The SMILES string of the molecule is C1CO1.CC1CO1.CCCO. The lowest BCUT2D eigenvalue weighted by atomic mass is 10.5. The summed E-state index contributed by atoms with van der Waals surface area (Å²) in [6, 6.07) is 0. The molecule has 1 atom stereocenters. The summed E-state index contributed by atoms with van der Waals surface area (Å²) < 4.78 is 9.21. The molecule has 0 bridgehead atoms. The molecule has 0 amide bonds. The molecule has 0 saturated carbocycles. The maximum absolute atomic E-state index is 7.88. The summed E-state index contributed by atoms with van der Waals surface area (Å²) in [7, 11) is 0. The normalized spacial score (nSPS) is 23.7. The fourth-order valence-electron chi connectivity index (χ4n) is 0.0962. The molecule has 0 radical (unpaired) electrons. The predicted molar refractivity (Wildman–Crippen MR) is 43.6 cm³/mol. The largest absolute Gasteiger partial charge is 0.396 e. The van der Waals surface area contributed by atoms with Crippen LogP contribution in [0.3, 0.4) is 0 Å². The smallest absolute Gasteiger partial charge is 0.0781 e. The second-order valence-electron chi connectivity index (χ2n) is 2.48. The van der Waals surface area contributed by atoms with Crippen molar-refractivity contribution in [3.8, 4) is 0 Å². The highest BCUT2D eigenvalue weighted by atomic mass is 16.6. The predicted octanol–water partition coefficient (Wildman–Crippen LogP) is 0.810. The summed E-state index contributed by atoms with van der Waals surface area (Å²) in [5.41, 5.74) is 0. The van der Waals surface area contributed by atoms with Crippen LogP contribution in [-0.2, 0) is 9.47 Å². The van der Waals surface area contributed by atoms with Gasteiger partial charge in [0.2, 0.25) is 0 Å². The molecule has 0 aromatic carbocycles. The minimum atomic E-state index is 0.319. The molecule has 2 rings (SSSR count). The molecule has 0 spiro atoms. The first-order chi connectivity index (χ1) is 5.31. The van der Waals surface area contributed by atoms with Gasteiger partial charge in [0.15, 0.2) is 0 Å². The summed E-state index contributed by atoms with van der Waals surface area (Å²) in [5, 5.41) is 7.88. The molecule has 11 heavy (non-hydrogen) atoms. The Morgan fingerprint density at radius 2 is 1.73 bits per heavy atom. The lowest BCUT2D eigenvalue weighted by molar-refractivity contribution is 0.295. The van der Waals surface area contributed by atoms with Crippen LogP contribution in [0.1, 0.15) is 20.3 Å². The molecule has 2 aliphatic heterocycles. The molecule has 0 aromatic heterocycles. The Morgan fingerprint density at radius 1 is 1.45 bits per heavy atom. The van der Waals surface area contributed by atoms with Gasteiger partial charge in [-0.1, -0.05) is 6.92 Å². The van der Waals surface area contributed by atoms with Gasteiger partial charge in [0.1, 0.15) is 0 Å². The van der Waals surface area contributed by atoms with E-state index in [9.17, 15) is 0 Å². The third-order valence-electron chi connectivity index (χ3n) is 0.928. The van der Waals surface area contributed by atoms with E-state index in [4.69, 9.17) is 9.84 Å². The van der Waals surface area contributed by atoms with E-state index < -0.39 is 0 Å². The van der Waals surface area contributed by atoms with E-state index in [0.717, 1.165) is 26.2 Å². The van der Waals surface area contributed by atoms with Gasteiger partial charge >= 0.3 is 0 Å². The van der Waals surface area contributed by atoms with Gasteiger partial charge in [0.05, 0.1) is 25.9 Å². The van der Waals surface area contributed by atoms with Crippen molar-refractivity contribution >= 4 is 0 Å². The first kappa shape index (κ1) is 10.9. The highest BCUT2D eigenvalue weighted by molar-refractivity contribution is 4.58. The number of aliphatic hydroxyl groups excluding tert-OH is 1. The van der Waals surface area contributed by atoms with Crippen molar-refractivity contribution in [2.24, 2.45) is 0 Å². The van der Waals surface area contributed by atoms with Crippen LogP contribution in [0.25, 0.3) is 0 Å². The lowest BCUT2D eigenvalue weighted by Crippen LogP contribution is -1.69. The summed E-state index contributed by atoms with van der Waals surface area (Å²) >= 11 is 0. The van der Waals surface area contributed by atoms with E-state index in [2.05, 4.69) is 11.7 Å². The maximum Gasteiger partial charge on any atom is 0.0781 e. The van der Waals surface area contributed by atoms with Crippen LogP contribution in [0, 0.1) is 0 Å². The number of hydrogen-bond donors (Lipinski definition) is 1. The van der Waals surface area contributed by atoms with Crippen molar-refractivity contribution in [3.63, 3.8) is 0 Å². The summed E-state index contributed by atoms with van der Waals surface area (Å²) in [6.45, 7) is 7.29. The van der Waals surface area contributed by atoms with E-state index in [1.54, 1.807) is 0 Å². The molecule has 2 heterocycles. The molecule has 1 N–H and O–H groups in total. The fraction of sp³-hybridized carbons (Fsp3) is 1.00. The number of epoxide rings is 2. The van der Waals surface area contributed by atoms with E-state index in [1.165, 1.54) is 0 Å². The van der Waals surface area contributed by atoms with E-state index in [0.29, 0.717) is 12.7 Å². The van der Waals surface area contributed by atoms with Crippen LogP contribution in [0.5, 0.6) is 0 Å². The first-order valence-electron chi connectivity index (χ1n) is 4.11. The van der Waals surface area contributed by atoms with Gasteiger partial charge in [-0.15, -0.1) is 0 Å². The standard InChI is InChI=1S/C3H6O.C3H8O.C2H4O/c1-3-2-4-3;1-2-3-4;1-2-3-1/h3H,2H2,1H3;4H,2-3H2,1H3;1-2H2. The van der Waals surface area contributed by atoms with Crippen LogP contribution in [0.2, 0.25) is 0 Å². The van der Waals surface area contributed by atoms with Crippen LogP contribution in [0.15, 0.2) is 0 Å². The quantitative estimate of drug-likeness (QED) is 0.580. The molecule has 2 saturated heterocycles. The maximum atomic E-state index is 7.88. The monoisotopic (exact) mass is 162 g/mol. The minimum absolute atomic E-state index is 0.319. The van der Waals surface area contributed by atoms with Crippen LogP contribution in [0.4, 0.5) is 0 Å². The molecule has 1 unspecified atom stereocenters. The highest BCUT2D eigenvalue weighted by Crippen LogP contribution is 2.04. The highest BCUT2D eigenvalue weighted by Gasteiger charge is 2.13. The lowest BCUT2D eigenvalue weighted by Gasteiger charge is -1.69. The summed E-state index contributed by atoms with van der Waals surface area (Å²) in [6.07, 6.45) is 1.46. The van der Waals surface area contributed by atoms with Crippen molar-refractivity contribution in [2.45, 2.75) is 26.4 Å². The molecule has 2 aliphatic rings. The van der Waals surface area contributed by atoms with E-state index in [1.807, 2.05) is 6.92 Å². The summed E-state index contributed by atoms with van der Waals surface area (Å²) in [4.78, 5) is 0. The third-order valence-corrected chi connectivity index (χ3v) is 0.928. The number of hydrogen-bond acceptors (Lipinski definition) is 3. The van der Waals surface area contributed by atoms with Crippen LogP contribution < -0.4 is 0 Å². The van der Waals surface area contributed by atoms with Crippen molar-refractivity contribution in [3.05, 3.63) is 0 Å². The van der Waals surface area contributed by atoms with Crippen LogP contribution in [-0.4, -0.2) is 37.6 Å². The van der Waals surface area contributed by atoms with Gasteiger partial charge in [-0.3, -0.25) is 0 Å². The molecule has 68 valence electrons. The van der Waals surface area contributed by atoms with Crippen LogP contribution >= 0.6 is 0 Å². The van der Waals surface area contributed by atoms with Crippen molar-refractivity contribution in [2.75, 3.05) is 26.4 Å². The van der Waals surface area contributed by atoms with Gasteiger partial charge in [-0.2, -0.15) is 0 Å². The zero-order valence-corrected chi connectivity index (χ0v) is 7.38. The van der Waals surface area contributed by atoms with E-state index >= 15 is 0 Å². The Hall–Kier alpha value is -0.120. The minimum Gasteiger partial charge on any atom is -0.396 e. The molecule has 0 aliphatic carbocycles. The Labute approximate surface area is 68.3 Å². The van der Waals surface area contributed by atoms with Gasteiger partial charge in [0.25, 0.3) is 0 Å². The Kier molecular flexibility index (Phi) is 7.89. The zero-order chi connectivity index (χ0) is 8.53. The second-order valence-corrected chi connectivity index (χ2v) is 2.48. The summed E-state index contributed by atoms with van der Waals surface area (Å²) in [5.74, 6) is 0. The third kappa shape index (κ3) is 25.8. The molecule has 3 heteroatoms. The molecule has 3 nitrogen and oxygen atoms in total. The van der Waals surface area contributed by atoms with Crippen molar-refractivity contribution in [1.29, 1.82) is 0 Å². The molecular formula is C8H18O3. The Balaban J connectivity index is 0.000000137. The zero-order valence-electron chi connectivity index (χ0n) is 7.38. The van der Waals surface area contributed by atoms with Crippen molar-refractivity contribution in [1.82, 2.24) is 0 Å². The van der Waals surface area contributed by atoms with Crippen molar-refractivity contribution < 1.29 is 14.6 Å². The average Bonchev–Trinajstić information content (AvgIpc) is 2.81. The second kappa shape index (κ2) is 7.98. The van der Waals surface area contributed by atoms with Gasteiger partial charge < -0.3 is 14.6 Å². The molecule has 0 aromatic rings. The first-order valence-corrected chi connectivity index (χ1v) is 4.11. The van der Waals surface area contributed by atoms with Gasteiger partial charge in [-0.05, 0) is 13.3 Å². The molecular weight excluding hydrogens is 144 g/mol. The average molecular weight is 162 g/mol. The Bertz CT molecular complexity index is 65.0. The Morgan fingerprint density at radius 3 is 1.73 bits per heavy atom. The van der Waals surface area contributed by atoms with E-state index in [-0.39, 0.29) is 0 Å². The number of rotatable bonds is 1. The fourth-order valence-corrected chi connectivity index (χ4v) is 0.0962. The van der Waals surface area contributed by atoms with Gasteiger partial charge in [0, 0.05) is 6.61 Å². The molecule has 2 fully saturated rings. The van der Waals surface area contributed by atoms with Gasteiger partial charge in [-0.25, -0.2) is 0 Å². The topological polar surface area (TPSA) is 45.3 Å². The number of ether oxygens (including phenoxy) is 2.